The van der Waals surface area contributed by atoms with Crippen LogP contribution >= 0.6 is 0 Å². The molecular weight excluding hydrogens is 368 g/mol. The van der Waals surface area contributed by atoms with Gasteiger partial charge in [-0.3, -0.25) is 14.4 Å². The van der Waals surface area contributed by atoms with Crippen LogP contribution < -0.4 is 5.32 Å². The predicted octanol–water partition coefficient (Wildman–Crippen LogP) is 2.91. The third kappa shape index (κ3) is 4.83. The van der Waals surface area contributed by atoms with E-state index in [0.29, 0.717) is 30.6 Å². The van der Waals surface area contributed by atoms with Gasteiger partial charge < -0.3 is 15.3 Å². The van der Waals surface area contributed by atoms with Crippen LogP contribution in [0, 0.1) is 5.41 Å². The molecule has 6 heteroatoms. The van der Waals surface area contributed by atoms with Crippen LogP contribution in [-0.4, -0.2) is 47.4 Å². The van der Waals surface area contributed by atoms with Crippen LogP contribution in [0.2, 0.25) is 0 Å². The minimum Gasteiger partial charge on any atom is -0.481 e. The Balaban J connectivity index is 1.66. The Bertz CT molecular complexity index is 869. The van der Waals surface area contributed by atoms with Gasteiger partial charge in [-0.05, 0) is 37.5 Å². The van der Waals surface area contributed by atoms with Crippen molar-refractivity contribution < 1.29 is 19.5 Å². The van der Waals surface area contributed by atoms with Gasteiger partial charge in [0.2, 0.25) is 5.91 Å². The lowest BCUT2D eigenvalue weighted by atomic mass is 9.80. The molecule has 1 aliphatic rings. The molecule has 3 rings (SSSR count). The molecule has 0 aromatic heterocycles. The number of likely N-dealkylation sites (tertiary alicyclic amines) is 1. The Kier molecular flexibility index (Phi) is 6.32. The molecule has 2 unspecified atom stereocenters. The maximum atomic E-state index is 12.9. The van der Waals surface area contributed by atoms with Gasteiger partial charge in [-0.25, -0.2) is 0 Å². The standard InChI is InChI=1S/C23H26N2O4/c1-23(13-8-14-25(16-23)20(26)18-11-6-3-7-12-18)22(29)24-15-19(21(27)28)17-9-4-2-5-10-17/h2-7,9-12,19H,8,13-16H2,1H3,(H,24,29)(H,27,28). The van der Waals surface area contributed by atoms with E-state index in [-0.39, 0.29) is 18.4 Å². The Labute approximate surface area is 170 Å². The van der Waals surface area contributed by atoms with E-state index in [1.807, 2.05) is 31.2 Å². The number of carboxylic acid groups (broad SMARTS) is 1. The molecule has 2 N–H and O–H groups in total. The van der Waals surface area contributed by atoms with E-state index in [1.165, 1.54) is 0 Å². The topological polar surface area (TPSA) is 86.7 Å². The van der Waals surface area contributed by atoms with Crippen LogP contribution in [0.1, 0.15) is 41.6 Å². The summed E-state index contributed by atoms with van der Waals surface area (Å²) in [6.07, 6.45) is 1.38. The summed E-state index contributed by atoms with van der Waals surface area (Å²) in [5, 5.41) is 12.4. The van der Waals surface area contributed by atoms with Crippen LogP contribution in [0.5, 0.6) is 0 Å². The number of aliphatic carboxylic acids is 1. The van der Waals surface area contributed by atoms with E-state index >= 15 is 0 Å². The summed E-state index contributed by atoms with van der Waals surface area (Å²) in [5.41, 5.74) is 0.504. The predicted molar refractivity (Wildman–Crippen MR) is 110 cm³/mol. The number of hydrogen-bond acceptors (Lipinski definition) is 3. The molecule has 0 aliphatic carbocycles. The number of rotatable bonds is 6. The second kappa shape index (κ2) is 8.90. The number of carbonyl (C=O) groups excluding carboxylic acids is 2. The van der Waals surface area contributed by atoms with Gasteiger partial charge in [0.15, 0.2) is 0 Å². The molecular formula is C23H26N2O4. The zero-order valence-corrected chi connectivity index (χ0v) is 16.5. The van der Waals surface area contributed by atoms with Gasteiger partial charge in [-0.1, -0.05) is 48.5 Å². The van der Waals surface area contributed by atoms with Crippen LogP contribution in [0.4, 0.5) is 0 Å². The Morgan fingerprint density at radius 2 is 1.69 bits per heavy atom. The molecule has 1 fully saturated rings. The van der Waals surface area contributed by atoms with Crippen LogP contribution in [0.25, 0.3) is 0 Å². The molecule has 2 atom stereocenters. The van der Waals surface area contributed by atoms with Crippen molar-refractivity contribution in [3.63, 3.8) is 0 Å². The lowest BCUT2D eigenvalue weighted by Gasteiger charge is -2.39. The van der Waals surface area contributed by atoms with Crippen molar-refractivity contribution in [2.75, 3.05) is 19.6 Å². The molecule has 2 aromatic carbocycles. The number of carboxylic acids is 1. The molecule has 152 valence electrons. The Hall–Kier alpha value is -3.15. The molecule has 0 spiro atoms. The molecule has 0 bridgehead atoms. The third-order valence-electron chi connectivity index (χ3n) is 5.52. The summed E-state index contributed by atoms with van der Waals surface area (Å²) in [6, 6.07) is 17.9. The minimum absolute atomic E-state index is 0.0143. The first-order valence-electron chi connectivity index (χ1n) is 9.81. The van der Waals surface area contributed by atoms with E-state index in [2.05, 4.69) is 5.32 Å². The van der Waals surface area contributed by atoms with Gasteiger partial charge in [-0.2, -0.15) is 0 Å². The number of nitrogens with zero attached hydrogens (tertiary/aromatic N) is 1. The first-order chi connectivity index (χ1) is 13.9. The number of benzene rings is 2. The smallest absolute Gasteiger partial charge is 0.312 e. The fourth-order valence-electron chi connectivity index (χ4n) is 3.80. The fourth-order valence-corrected chi connectivity index (χ4v) is 3.80. The van der Waals surface area contributed by atoms with Gasteiger partial charge in [0.25, 0.3) is 5.91 Å². The highest BCUT2D eigenvalue weighted by molar-refractivity contribution is 5.95. The monoisotopic (exact) mass is 394 g/mol. The van der Waals surface area contributed by atoms with E-state index in [4.69, 9.17) is 0 Å². The molecule has 1 heterocycles. The average Bonchev–Trinajstić information content (AvgIpc) is 2.74. The minimum atomic E-state index is -0.980. The Morgan fingerprint density at radius 3 is 2.31 bits per heavy atom. The zero-order chi connectivity index (χ0) is 20.9. The maximum absolute atomic E-state index is 12.9. The van der Waals surface area contributed by atoms with E-state index < -0.39 is 17.3 Å². The molecule has 29 heavy (non-hydrogen) atoms. The highest BCUT2D eigenvalue weighted by Crippen LogP contribution is 2.31. The van der Waals surface area contributed by atoms with Crippen LogP contribution in [0.15, 0.2) is 60.7 Å². The van der Waals surface area contributed by atoms with E-state index in [9.17, 15) is 19.5 Å². The van der Waals surface area contributed by atoms with Gasteiger partial charge in [0.05, 0.1) is 11.3 Å². The summed E-state index contributed by atoms with van der Waals surface area (Å²) < 4.78 is 0. The molecule has 0 radical (unpaired) electrons. The number of carbonyl (C=O) groups is 3. The highest BCUT2D eigenvalue weighted by Gasteiger charge is 2.39. The van der Waals surface area contributed by atoms with Crippen molar-refractivity contribution in [3.8, 4) is 0 Å². The van der Waals surface area contributed by atoms with Crippen molar-refractivity contribution in [3.05, 3.63) is 71.8 Å². The lowest BCUT2D eigenvalue weighted by Crippen LogP contribution is -2.52. The molecule has 1 saturated heterocycles. The highest BCUT2D eigenvalue weighted by atomic mass is 16.4. The number of piperidine rings is 1. The average molecular weight is 394 g/mol. The molecule has 1 aliphatic heterocycles. The van der Waals surface area contributed by atoms with Crippen LogP contribution in [-0.2, 0) is 9.59 Å². The quantitative estimate of drug-likeness (QED) is 0.789. The summed E-state index contributed by atoms with van der Waals surface area (Å²) in [7, 11) is 0. The number of nitrogens with one attached hydrogen (secondary N) is 1. The molecule has 2 aromatic rings. The second-order valence-electron chi connectivity index (χ2n) is 7.77. The van der Waals surface area contributed by atoms with Crippen molar-refractivity contribution >= 4 is 17.8 Å². The largest absolute Gasteiger partial charge is 0.481 e. The summed E-state index contributed by atoms with van der Waals surface area (Å²) in [5.74, 6) is -2.09. The normalized spacial score (nSPS) is 20.0. The number of amides is 2. The second-order valence-corrected chi connectivity index (χ2v) is 7.77. The lowest BCUT2D eigenvalue weighted by molar-refractivity contribution is -0.139. The summed E-state index contributed by atoms with van der Waals surface area (Å²) in [6.45, 7) is 2.78. The number of hydrogen-bond donors (Lipinski definition) is 2. The van der Waals surface area contributed by atoms with Crippen LogP contribution in [0.3, 0.4) is 0 Å². The van der Waals surface area contributed by atoms with E-state index in [0.717, 1.165) is 6.42 Å². The SMILES string of the molecule is CC1(C(=O)NCC(C(=O)O)c2ccccc2)CCCN(C(=O)c2ccccc2)C1. The summed E-state index contributed by atoms with van der Waals surface area (Å²) >= 11 is 0. The van der Waals surface area contributed by atoms with Gasteiger partial charge >= 0.3 is 5.97 Å². The first-order valence-corrected chi connectivity index (χ1v) is 9.81. The van der Waals surface area contributed by atoms with Crippen molar-refractivity contribution in [2.45, 2.75) is 25.7 Å². The zero-order valence-electron chi connectivity index (χ0n) is 16.5. The molecule has 0 saturated carbocycles. The molecule has 2 amide bonds. The Morgan fingerprint density at radius 1 is 1.07 bits per heavy atom. The van der Waals surface area contributed by atoms with Gasteiger partial charge in [-0.15, -0.1) is 0 Å². The van der Waals surface area contributed by atoms with Crippen molar-refractivity contribution in [2.24, 2.45) is 5.41 Å². The van der Waals surface area contributed by atoms with Crippen molar-refractivity contribution in [1.82, 2.24) is 10.2 Å². The third-order valence-corrected chi connectivity index (χ3v) is 5.52. The fraction of sp³-hybridized carbons (Fsp3) is 0.348. The van der Waals surface area contributed by atoms with Gasteiger partial charge in [0.1, 0.15) is 0 Å². The maximum Gasteiger partial charge on any atom is 0.312 e. The molecule has 6 nitrogen and oxygen atoms in total. The van der Waals surface area contributed by atoms with Crippen molar-refractivity contribution in [1.29, 1.82) is 0 Å². The summed E-state index contributed by atoms with van der Waals surface area (Å²) in [4.78, 5) is 39.1. The van der Waals surface area contributed by atoms with E-state index in [1.54, 1.807) is 41.3 Å². The first kappa shape index (κ1) is 20.6. The van der Waals surface area contributed by atoms with Gasteiger partial charge in [0, 0.05) is 25.2 Å².